The molecule has 3 heterocycles. The topological polar surface area (TPSA) is 95.2 Å². The highest BCUT2D eigenvalue weighted by Crippen LogP contribution is 2.32. The molecule has 0 aliphatic carbocycles. The van der Waals surface area contributed by atoms with Gasteiger partial charge in [-0.3, -0.25) is 4.84 Å². The molecule has 1 fully saturated rings. The second-order valence-electron chi connectivity index (χ2n) is 6.66. The van der Waals surface area contributed by atoms with Crippen molar-refractivity contribution in [3.63, 3.8) is 0 Å². The van der Waals surface area contributed by atoms with Crippen LogP contribution in [0.2, 0.25) is 5.02 Å². The van der Waals surface area contributed by atoms with Crippen LogP contribution in [0.4, 0.5) is 10.7 Å². The monoisotopic (exact) mass is 400 g/mol. The Kier molecular flexibility index (Phi) is 5.31. The van der Waals surface area contributed by atoms with Gasteiger partial charge in [0.1, 0.15) is 0 Å². The summed E-state index contributed by atoms with van der Waals surface area (Å²) in [6, 6.07) is 7.99. The largest absolute Gasteiger partial charge is 0.360 e. The predicted molar refractivity (Wildman–Crippen MR) is 108 cm³/mol. The van der Waals surface area contributed by atoms with Gasteiger partial charge in [-0.05, 0) is 18.9 Å². The van der Waals surface area contributed by atoms with Crippen molar-refractivity contribution in [2.45, 2.75) is 18.9 Å². The molecular weight excluding hydrogens is 380 g/mol. The summed E-state index contributed by atoms with van der Waals surface area (Å²) in [5.41, 5.74) is 5.01. The normalized spacial score (nSPS) is 15.0. The van der Waals surface area contributed by atoms with E-state index in [1.807, 2.05) is 30.5 Å². The number of piperidine rings is 1. The third kappa shape index (κ3) is 3.74. The maximum Gasteiger partial charge on any atom is 0.341 e. The number of hydrogen-bond donors (Lipinski definition) is 3. The van der Waals surface area contributed by atoms with Crippen LogP contribution in [0.3, 0.4) is 0 Å². The van der Waals surface area contributed by atoms with Gasteiger partial charge in [-0.1, -0.05) is 29.8 Å². The number of H-pyrrole nitrogens is 1. The van der Waals surface area contributed by atoms with E-state index < -0.39 is 0 Å². The lowest BCUT2D eigenvalue weighted by Crippen LogP contribution is -2.46. The molecule has 1 aromatic carbocycles. The number of likely N-dealkylation sites (tertiary alicyclic amines) is 1. The van der Waals surface area contributed by atoms with E-state index in [0.29, 0.717) is 29.8 Å². The zero-order valence-corrected chi connectivity index (χ0v) is 16.2. The summed E-state index contributed by atoms with van der Waals surface area (Å²) in [4.78, 5) is 30.4. The number of aromatic nitrogens is 3. The standard InChI is InChI=1S/C19H21ClN6O2/c1-28-25-19(27)26-8-6-12(7-9-26)23-18-22-11-15(20)17(24-18)14-10-21-16-5-3-2-4-13(14)16/h2-5,10-12,21H,6-9H2,1H3,(H,25,27)(H,22,23,24). The van der Waals surface area contributed by atoms with Crippen molar-refractivity contribution >= 4 is 34.5 Å². The second kappa shape index (κ2) is 8.04. The van der Waals surface area contributed by atoms with Gasteiger partial charge >= 0.3 is 6.03 Å². The molecule has 1 aliphatic heterocycles. The Morgan fingerprint density at radius 1 is 1.32 bits per heavy atom. The van der Waals surface area contributed by atoms with E-state index in [2.05, 4.69) is 30.6 Å². The fourth-order valence-electron chi connectivity index (χ4n) is 3.45. The Balaban J connectivity index is 1.49. The predicted octanol–water partition coefficient (Wildman–Crippen LogP) is 3.43. The van der Waals surface area contributed by atoms with Gasteiger partial charge in [0.05, 0.1) is 24.0 Å². The highest BCUT2D eigenvalue weighted by Gasteiger charge is 2.23. The first-order valence-electron chi connectivity index (χ1n) is 9.09. The summed E-state index contributed by atoms with van der Waals surface area (Å²) in [5.74, 6) is 0.532. The number of amides is 2. The Bertz CT molecular complexity index is 983. The molecule has 9 heteroatoms. The van der Waals surface area contributed by atoms with E-state index in [1.54, 1.807) is 11.1 Å². The molecule has 4 rings (SSSR count). The summed E-state index contributed by atoms with van der Waals surface area (Å²) >= 11 is 6.38. The van der Waals surface area contributed by atoms with Crippen molar-refractivity contribution in [3.8, 4) is 11.3 Å². The van der Waals surface area contributed by atoms with Crippen molar-refractivity contribution < 1.29 is 9.63 Å². The number of fused-ring (bicyclic) bond motifs is 1. The van der Waals surface area contributed by atoms with Crippen molar-refractivity contribution in [2.24, 2.45) is 0 Å². The Labute approximate surface area is 167 Å². The van der Waals surface area contributed by atoms with Crippen LogP contribution in [0.15, 0.2) is 36.7 Å². The van der Waals surface area contributed by atoms with E-state index in [9.17, 15) is 4.79 Å². The number of halogens is 1. The zero-order chi connectivity index (χ0) is 19.5. The van der Waals surface area contributed by atoms with Crippen LogP contribution in [-0.4, -0.2) is 52.1 Å². The number of rotatable bonds is 4. The fourth-order valence-corrected chi connectivity index (χ4v) is 3.65. The van der Waals surface area contributed by atoms with Crippen LogP contribution >= 0.6 is 11.6 Å². The minimum absolute atomic E-state index is 0.184. The lowest BCUT2D eigenvalue weighted by Gasteiger charge is -2.32. The first-order valence-corrected chi connectivity index (χ1v) is 9.47. The van der Waals surface area contributed by atoms with Crippen LogP contribution in [-0.2, 0) is 4.84 Å². The molecule has 0 unspecified atom stereocenters. The molecule has 1 aliphatic rings. The number of carbonyl (C=O) groups is 1. The highest BCUT2D eigenvalue weighted by molar-refractivity contribution is 6.33. The lowest BCUT2D eigenvalue weighted by molar-refractivity contribution is 0.0824. The molecular formula is C19H21ClN6O2. The van der Waals surface area contributed by atoms with E-state index in [1.165, 1.54) is 7.11 Å². The number of hydroxylamine groups is 1. The molecule has 2 amide bonds. The van der Waals surface area contributed by atoms with Crippen LogP contribution < -0.4 is 10.8 Å². The Morgan fingerprint density at radius 2 is 2.11 bits per heavy atom. The number of nitrogens with zero attached hydrogens (tertiary/aromatic N) is 3. The number of nitrogens with one attached hydrogen (secondary N) is 3. The molecule has 3 aromatic rings. The van der Waals surface area contributed by atoms with E-state index in [-0.39, 0.29) is 12.1 Å². The minimum Gasteiger partial charge on any atom is -0.360 e. The lowest BCUT2D eigenvalue weighted by atomic mass is 10.1. The molecule has 28 heavy (non-hydrogen) atoms. The van der Waals surface area contributed by atoms with E-state index in [4.69, 9.17) is 11.6 Å². The summed E-state index contributed by atoms with van der Waals surface area (Å²) in [5, 5.41) is 4.93. The van der Waals surface area contributed by atoms with Crippen molar-refractivity contribution in [1.29, 1.82) is 0 Å². The first kappa shape index (κ1) is 18.5. The number of hydrogen-bond acceptors (Lipinski definition) is 5. The summed E-state index contributed by atoms with van der Waals surface area (Å²) in [6.07, 6.45) is 5.13. The quantitative estimate of drug-likeness (QED) is 0.583. The summed E-state index contributed by atoms with van der Waals surface area (Å²) in [7, 11) is 1.43. The van der Waals surface area contributed by atoms with E-state index in [0.717, 1.165) is 29.3 Å². The van der Waals surface area contributed by atoms with Gasteiger partial charge in [-0.15, -0.1) is 0 Å². The van der Waals surface area contributed by atoms with Gasteiger partial charge in [-0.25, -0.2) is 20.2 Å². The van der Waals surface area contributed by atoms with Crippen molar-refractivity contribution in [1.82, 2.24) is 25.3 Å². The van der Waals surface area contributed by atoms with Gasteiger partial charge in [-0.2, -0.15) is 0 Å². The number of anilines is 1. The molecule has 0 radical (unpaired) electrons. The third-order valence-corrected chi connectivity index (χ3v) is 5.17. The molecule has 0 bridgehead atoms. The zero-order valence-electron chi connectivity index (χ0n) is 15.4. The molecule has 0 saturated carbocycles. The van der Waals surface area contributed by atoms with Gasteiger partial charge in [0.15, 0.2) is 0 Å². The summed E-state index contributed by atoms with van der Waals surface area (Å²) < 4.78 is 0. The minimum atomic E-state index is -0.217. The molecule has 2 aromatic heterocycles. The van der Waals surface area contributed by atoms with Crippen molar-refractivity contribution in [2.75, 3.05) is 25.5 Å². The summed E-state index contributed by atoms with van der Waals surface area (Å²) in [6.45, 7) is 1.27. The van der Waals surface area contributed by atoms with Crippen LogP contribution in [0.5, 0.6) is 0 Å². The number of benzene rings is 1. The first-order chi connectivity index (χ1) is 13.7. The molecule has 0 atom stereocenters. The van der Waals surface area contributed by atoms with Gasteiger partial charge < -0.3 is 15.2 Å². The SMILES string of the molecule is CONC(=O)N1CCC(Nc2ncc(Cl)c(-c3c[nH]c4ccccc34)n2)CC1. The van der Waals surface area contributed by atoms with Crippen LogP contribution in [0, 0.1) is 0 Å². The Hall–Kier alpha value is -2.84. The van der Waals surface area contributed by atoms with Crippen LogP contribution in [0.25, 0.3) is 22.2 Å². The average Bonchev–Trinajstić information content (AvgIpc) is 3.14. The maximum absolute atomic E-state index is 11.8. The molecule has 3 N–H and O–H groups in total. The number of carbonyl (C=O) groups excluding carboxylic acids is 1. The van der Waals surface area contributed by atoms with Crippen molar-refractivity contribution in [3.05, 3.63) is 41.7 Å². The smallest absolute Gasteiger partial charge is 0.341 e. The van der Waals surface area contributed by atoms with Gasteiger partial charge in [0, 0.05) is 41.8 Å². The molecule has 1 saturated heterocycles. The number of urea groups is 1. The average molecular weight is 401 g/mol. The number of para-hydroxylation sites is 1. The fraction of sp³-hybridized carbons (Fsp3) is 0.316. The van der Waals surface area contributed by atoms with E-state index >= 15 is 0 Å². The molecule has 8 nitrogen and oxygen atoms in total. The van der Waals surface area contributed by atoms with Crippen LogP contribution in [0.1, 0.15) is 12.8 Å². The Morgan fingerprint density at radius 3 is 2.89 bits per heavy atom. The van der Waals surface area contributed by atoms with Gasteiger partial charge in [0.25, 0.3) is 0 Å². The molecule has 0 spiro atoms. The molecule has 146 valence electrons. The van der Waals surface area contributed by atoms with Gasteiger partial charge in [0.2, 0.25) is 5.95 Å². The third-order valence-electron chi connectivity index (χ3n) is 4.89. The maximum atomic E-state index is 11.8. The second-order valence-corrected chi connectivity index (χ2v) is 7.06. The number of aromatic amines is 1. The highest BCUT2D eigenvalue weighted by atomic mass is 35.5.